The Morgan fingerprint density at radius 1 is 1.27 bits per heavy atom. The average molecular weight is 217 g/mol. The number of nitrogen functional groups attached to an aromatic ring is 1. The zero-order valence-electron chi connectivity index (χ0n) is 8.36. The molecule has 15 heavy (non-hydrogen) atoms. The predicted molar refractivity (Wildman–Crippen MR) is 63.3 cm³/mol. The number of rotatable bonds is 2. The summed E-state index contributed by atoms with van der Waals surface area (Å²) in [7, 11) is 0. The summed E-state index contributed by atoms with van der Waals surface area (Å²) in [5.41, 5.74) is 8.09. The lowest BCUT2D eigenvalue weighted by molar-refractivity contribution is 0.104. The maximum atomic E-state index is 12.0. The standard InChI is InChI=1S/C12H11NOS/c1-8-7-15-12(10(8)13)11(14)9-5-3-2-4-6-9/h2-7H,13H2,1H3. The van der Waals surface area contributed by atoms with Gasteiger partial charge in [-0.1, -0.05) is 30.3 Å². The highest BCUT2D eigenvalue weighted by atomic mass is 32.1. The number of hydrogen-bond acceptors (Lipinski definition) is 3. The van der Waals surface area contributed by atoms with Crippen molar-refractivity contribution in [3.8, 4) is 0 Å². The monoisotopic (exact) mass is 217 g/mol. The first-order valence-electron chi connectivity index (χ1n) is 4.63. The molecule has 0 bridgehead atoms. The van der Waals surface area contributed by atoms with E-state index in [9.17, 15) is 4.79 Å². The molecule has 0 saturated heterocycles. The van der Waals surface area contributed by atoms with Crippen molar-refractivity contribution < 1.29 is 4.79 Å². The Morgan fingerprint density at radius 3 is 2.47 bits per heavy atom. The minimum absolute atomic E-state index is 0.00574. The normalized spacial score (nSPS) is 10.2. The average Bonchev–Trinajstić information content (AvgIpc) is 2.60. The van der Waals surface area contributed by atoms with Gasteiger partial charge in [-0.15, -0.1) is 11.3 Å². The summed E-state index contributed by atoms with van der Waals surface area (Å²) in [4.78, 5) is 12.6. The topological polar surface area (TPSA) is 43.1 Å². The Bertz CT molecular complexity index is 488. The molecule has 2 nitrogen and oxygen atoms in total. The number of benzene rings is 1. The molecule has 0 aliphatic heterocycles. The van der Waals surface area contributed by atoms with E-state index >= 15 is 0 Å². The Balaban J connectivity index is 2.42. The quantitative estimate of drug-likeness (QED) is 0.786. The fourth-order valence-electron chi connectivity index (χ4n) is 1.35. The van der Waals surface area contributed by atoms with Gasteiger partial charge in [0, 0.05) is 5.56 Å². The zero-order chi connectivity index (χ0) is 10.8. The van der Waals surface area contributed by atoms with Crippen LogP contribution in [-0.2, 0) is 0 Å². The van der Waals surface area contributed by atoms with E-state index in [4.69, 9.17) is 5.73 Å². The number of carbonyl (C=O) groups excluding carboxylic acids is 1. The maximum absolute atomic E-state index is 12.0. The van der Waals surface area contributed by atoms with Crippen LogP contribution in [0.5, 0.6) is 0 Å². The van der Waals surface area contributed by atoms with Crippen molar-refractivity contribution in [3.63, 3.8) is 0 Å². The first kappa shape index (κ1) is 9.93. The minimum atomic E-state index is 0.00574. The van der Waals surface area contributed by atoms with E-state index in [1.807, 2.05) is 30.5 Å². The Morgan fingerprint density at radius 2 is 1.93 bits per heavy atom. The lowest BCUT2D eigenvalue weighted by Gasteiger charge is -1.99. The van der Waals surface area contributed by atoms with E-state index < -0.39 is 0 Å². The summed E-state index contributed by atoms with van der Waals surface area (Å²) in [6.45, 7) is 1.91. The largest absolute Gasteiger partial charge is 0.397 e. The van der Waals surface area contributed by atoms with Crippen molar-refractivity contribution >= 4 is 22.8 Å². The van der Waals surface area contributed by atoms with Gasteiger partial charge in [-0.2, -0.15) is 0 Å². The molecule has 0 radical (unpaired) electrons. The molecule has 0 fully saturated rings. The van der Waals surface area contributed by atoms with E-state index in [1.54, 1.807) is 12.1 Å². The van der Waals surface area contributed by atoms with E-state index in [2.05, 4.69) is 0 Å². The van der Waals surface area contributed by atoms with Crippen LogP contribution in [0.25, 0.3) is 0 Å². The van der Waals surface area contributed by atoms with Crippen LogP contribution in [0, 0.1) is 6.92 Å². The highest BCUT2D eigenvalue weighted by molar-refractivity contribution is 7.13. The molecule has 0 saturated carbocycles. The Kier molecular flexibility index (Phi) is 2.56. The fourth-order valence-corrected chi connectivity index (χ4v) is 2.28. The molecule has 2 rings (SSSR count). The molecule has 76 valence electrons. The van der Waals surface area contributed by atoms with E-state index in [-0.39, 0.29) is 5.78 Å². The first-order chi connectivity index (χ1) is 7.20. The second kappa shape index (κ2) is 3.87. The molecular weight excluding hydrogens is 206 g/mol. The third kappa shape index (κ3) is 1.78. The van der Waals surface area contributed by atoms with Gasteiger partial charge in [-0.25, -0.2) is 0 Å². The molecule has 1 heterocycles. The van der Waals surface area contributed by atoms with Gasteiger partial charge in [0.15, 0.2) is 0 Å². The van der Waals surface area contributed by atoms with Crippen molar-refractivity contribution in [2.24, 2.45) is 0 Å². The van der Waals surface area contributed by atoms with E-state index in [1.165, 1.54) is 11.3 Å². The van der Waals surface area contributed by atoms with Crippen LogP contribution in [0.3, 0.4) is 0 Å². The van der Waals surface area contributed by atoms with Gasteiger partial charge in [0.25, 0.3) is 0 Å². The van der Waals surface area contributed by atoms with Crippen LogP contribution >= 0.6 is 11.3 Å². The van der Waals surface area contributed by atoms with Crippen LogP contribution in [0.2, 0.25) is 0 Å². The van der Waals surface area contributed by atoms with Gasteiger partial charge in [0.1, 0.15) is 0 Å². The summed E-state index contributed by atoms with van der Waals surface area (Å²) >= 11 is 1.40. The summed E-state index contributed by atoms with van der Waals surface area (Å²) in [5.74, 6) is 0.00574. The molecule has 0 amide bonds. The van der Waals surface area contributed by atoms with Crippen molar-refractivity contribution in [1.29, 1.82) is 0 Å². The third-order valence-corrected chi connectivity index (χ3v) is 3.38. The Labute approximate surface area is 92.4 Å². The van der Waals surface area contributed by atoms with Crippen molar-refractivity contribution in [3.05, 3.63) is 51.7 Å². The summed E-state index contributed by atoms with van der Waals surface area (Å²) in [5, 5.41) is 1.91. The molecule has 0 aliphatic carbocycles. The van der Waals surface area contributed by atoms with Crippen molar-refractivity contribution in [1.82, 2.24) is 0 Å². The molecular formula is C12H11NOS. The second-order valence-corrected chi connectivity index (χ2v) is 4.24. The second-order valence-electron chi connectivity index (χ2n) is 3.36. The lowest BCUT2D eigenvalue weighted by atomic mass is 10.1. The van der Waals surface area contributed by atoms with Crippen molar-refractivity contribution in [2.45, 2.75) is 6.92 Å². The number of carbonyl (C=O) groups is 1. The lowest BCUT2D eigenvalue weighted by Crippen LogP contribution is -2.02. The van der Waals surface area contributed by atoms with Crippen LogP contribution < -0.4 is 5.73 Å². The van der Waals surface area contributed by atoms with Crippen molar-refractivity contribution in [2.75, 3.05) is 5.73 Å². The zero-order valence-corrected chi connectivity index (χ0v) is 9.17. The Hall–Kier alpha value is -1.61. The summed E-state index contributed by atoms with van der Waals surface area (Å²) in [6.07, 6.45) is 0. The SMILES string of the molecule is Cc1csc(C(=O)c2ccccc2)c1N. The molecule has 0 unspecified atom stereocenters. The predicted octanol–water partition coefficient (Wildman–Crippen LogP) is 2.87. The van der Waals surface area contributed by atoms with Gasteiger partial charge in [-0.05, 0) is 17.9 Å². The molecule has 2 N–H and O–H groups in total. The highest BCUT2D eigenvalue weighted by Gasteiger charge is 2.14. The number of aryl methyl sites for hydroxylation is 1. The van der Waals surface area contributed by atoms with Gasteiger partial charge in [0.2, 0.25) is 5.78 Å². The van der Waals surface area contributed by atoms with Gasteiger partial charge in [-0.3, -0.25) is 4.79 Å². The smallest absolute Gasteiger partial charge is 0.205 e. The molecule has 2 aromatic rings. The van der Waals surface area contributed by atoms with Gasteiger partial charge < -0.3 is 5.73 Å². The molecule has 1 aromatic carbocycles. The van der Waals surface area contributed by atoms with Crippen LogP contribution in [-0.4, -0.2) is 5.78 Å². The number of hydrogen-bond donors (Lipinski definition) is 1. The molecule has 3 heteroatoms. The maximum Gasteiger partial charge on any atom is 0.205 e. The summed E-state index contributed by atoms with van der Waals surface area (Å²) < 4.78 is 0. The number of anilines is 1. The van der Waals surface area contributed by atoms with Crippen LogP contribution in [0.15, 0.2) is 35.7 Å². The van der Waals surface area contributed by atoms with Crippen LogP contribution in [0.4, 0.5) is 5.69 Å². The highest BCUT2D eigenvalue weighted by Crippen LogP contribution is 2.26. The van der Waals surface area contributed by atoms with Crippen LogP contribution in [0.1, 0.15) is 20.8 Å². The number of thiophene rings is 1. The molecule has 0 spiro atoms. The van der Waals surface area contributed by atoms with E-state index in [0.29, 0.717) is 16.1 Å². The van der Waals surface area contributed by atoms with Gasteiger partial charge >= 0.3 is 0 Å². The van der Waals surface area contributed by atoms with E-state index in [0.717, 1.165) is 5.56 Å². The minimum Gasteiger partial charge on any atom is -0.397 e. The first-order valence-corrected chi connectivity index (χ1v) is 5.51. The number of nitrogens with two attached hydrogens (primary N) is 1. The fraction of sp³-hybridized carbons (Fsp3) is 0.0833. The number of ketones is 1. The molecule has 1 aromatic heterocycles. The molecule has 0 atom stereocenters. The third-order valence-electron chi connectivity index (χ3n) is 2.27. The molecule has 0 aliphatic rings. The summed E-state index contributed by atoms with van der Waals surface area (Å²) in [6, 6.07) is 9.20. The van der Waals surface area contributed by atoms with Gasteiger partial charge in [0.05, 0.1) is 10.6 Å².